The summed E-state index contributed by atoms with van der Waals surface area (Å²) < 4.78 is 0. The molecule has 2 amide bonds. The van der Waals surface area contributed by atoms with Gasteiger partial charge in [-0.1, -0.05) is 35.5 Å². The van der Waals surface area contributed by atoms with E-state index in [4.69, 9.17) is 11.6 Å². The van der Waals surface area contributed by atoms with Crippen molar-refractivity contribution in [3.8, 4) is 0 Å². The van der Waals surface area contributed by atoms with Crippen LogP contribution >= 0.6 is 23.4 Å². The van der Waals surface area contributed by atoms with E-state index in [0.717, 1.165) is 22.1 Å². The maximum absolute atomic E-state index is 12.7. The van der Waals surface area contributed by atoms with E-state index in [0.29, 0.717) is 28.4 Å². The summed E-state index contributed by atoms with van der Waals surface area (Å²) in [6.07, 6.45) is 2.72. The van der Waals surface area contributed by atoms with Crippen LogP contribution in [0.1, 0.15) is 33.7 Å². The van der Waals surface area contributed by atoms with Crippen molar-refractivity contribution in [1.82, 2.24) is 9.97 Å². The number of nitrogens with zero attached hydrogens (tertiary/aromatic N) is 2. The average Bonchev–Trinajstić information content (AvgIpc) is 2.75. The minimum Gasteiger partial charge on any atom is -0.325 e. The first-order valence-corrected chi connectivity index (χ1v) is 11.3. The van der Waals surface area contributed by atoms with E-state index in [2.05, 4.69) is 20.6 Å². The molecular weight excluding hydrogens is 432 g/mol. The van der Waals surface area contributed by atoms with Crippen LogP contribution < -0.4 is 10.6 Å². The molecule has 0 saturated heterocycles. The van der Waals surface area contributed by atoms with Gasteiger partial charge < -0.3 is 10.6 Å². The highest BCUT2D eigenvalue weighted by atomic mass is 35.5. The van der Waals surface area contributed by atoms with Gasteiger partial charge in [-0.05, 0) is 68.5 Å². The number of halogens is 1. The number of anilines is 2. The molecule has 8 heteroatoms. The van der Waals surface area contributed by atoms with Crippen molar-refractivity contribution in [2.24, 2.45) is 0 Å². The first-order chi connectivity index (χ1) is 14.9. The second-order valence-corrected chi connectivity index (χ2v) is 8.12. The van der Waals surface area contributed by atoms with Crippen LogP contribution in [0.5, 0.6) is 0 Å². The SMILES string of the molecule is CSc1nc(C)c(CCC(=O)Nc2ccccc2C(=O)Nc2ccc(Cl)cc2)c(C)n1. The second-order valence-electron chi connectivity index (χ2n) is 6.91. The molecule has 0 atom stereocenters. The molecule has 6 nitrogen and oxygen atoms in total. The Morgan fingerprint density at radius 2 is 1.61 bits per heavy atom. The zero-order valence-electron chi connectivity index (χ0n) is 17.5. The number of para-hydroxylation sites is 1. The summed E-state index contributed by atoms with van der Waals surface area (Å²) >= 11 is 7.38. The Morgan fingerprint density at radius 3 is 2.26 bits per heavy atom. The number of carbonyl (C=O) groups is 2. The number of nitrogens with one attached hydrogen (secondary N) is 2. The minimum absolute atomic E-state index is 0.181. The summed E-state index contributed by atoms with van der Waals surface area (Å²) in [5.41, 5.74) is 4.20. The highest BCUT2D eigenvalue weighted by Crippen LogP contribution is 2.20. The molecule has 1 heterocycles. The number of aryl methyl sites for hydroxylation is 2. The fourth-order valence-electron chi connectivity index (χ4n) is 3.13. The highest BCUT2D eigenvalue weighted by Gasteiger charge is 2.15. The van der Waals surface area contributed by atoms with E-state index in [1.165, 1.54) is 11.8 Å². The van der Waals surface area contributed by atoms with Gasteiger partial charge in [0.2, 0.25) is 5.91 Å². The van der Waals surface area contributed by atoms with Crippen LogP contribution in [0.15, 0.2) is 53.7 Å². The largest absolute Gasteiger partial charge is 0.325 e. The number of hydrogen-bond acceptors (Lipinski definition) is 5. The van der Waals surface area contributed by atoms with Crippen molar-refractivity contribution in [3.05, 3.63) is 76.1 Å². The first-order valence-electron chi connectivity index (χ1n) is 9.71. The van der Waals surface area contributed by atoms with E-state index in [-0.39, 0.29) is 18.2 Å². The fourth-order valence-corrected chi connectivity index (χ4v) is 3.72. The van der Waals surface area contributed by atoms with E-state index in [1.54, 1.807) is 48.5 Å². The molecule has 0 aliphatic rings. The molecule has 3 aromatic rings. The lowest BCUT2D eigenvalue weighted by molar-refractivity contribution is -0.116. The topological polar surface area (TPSA) is 84.0 Å². The third-order valence-corrected chi connectivity index (χ3v) is 5.53. The lowest BCUT2D eigenvalue weighted by Crippen LogP contribution is -2.18. The molecule has 0 spiro atoms. The first kappa shape index (κ1) is 22.8. The monoisotopic (exact) mass is 454 g/mol. The number of aromatic nitrogens is 2. The maximum atomic E-state index is 12.7. The lowest BCUT2D eigenvalue weighted by atomic mass is 10.1. The Kier molecular flexibility index (Phi) is 7.65. The van der Waals surface area contributed by atoms with Gasteiger partial charge in [0.25, 0.3) is 5.91 Å². The molecule has 0 bridgehead atoms. The van der Waals surface area contributed by atoms with Crippen molar-refractivity contribution in [3.63, 3.8) is 0 Å². The summed E-state index contributed by atoms with van der Waals surface area (Å²) in [4.78, 5) is 34.2. The Labute approximate surface area is 190 Å². The van der Waals surface area contributed by atoms with E-state index >= 15 is 0 Å². The standard InChI is InChI=1S/C23H23ClN4O2S/c1-14-18(15(2)26-23(25-14)31-3)12-13-21(29)28-20-7-5-4-6-19(20)22(30)27-17-10-8-16(24)9-11-17/h4-11H,12-13H2,1-3H3,(H,27,30)(H,28,29). The number of benzene rings is 2. The van der Waals surface area contributed by atoms with Gasteiger partial charge in [-0.3, -0.25) is 9.59 Å². The van der Waals surface area contributed by atoms with Gasteiger partial charge >= 0.3 is 0 Å². The minimum atomic E-state index is -0.314. The number of carbonyl (C=O) groups excluding carboxylic acids is 2. The normalized spacial score (nSPS) is 10.6. The van der Waals surface area contributed by atoms with Gasteiger partial charge in [0.15, 0.2) is 5.16 Å². The van der Waals surface area contributed by atoms with Gasteiger partial charge in [-0.15, -0.1) is 0 Å². The van der Waals surface area contributed by atoms with Crippen LogP contribution in [0.3, 0.4) is 0 Å². The summed E-state index contributed by atoms with van der Waals surface area (Å²) in [6, 6.07) is 13.7. The number of thioether (sulfide) groups is 1. The molecule has 0 aliphatic heterocycles. The van der Waals surface area contributed by atoms with E-state index in [1.807, 2.05) is 20.1 Å². The van der Waals surface area contributed by atoms with Crippen molar-refractivity contribution < 1.29 is 9.59 Å². The summed E-state index contributed by atoms with van der Waals surface area (Å²) in [6.45, 7) is 3.86. The molecule has 0 radical (unpaired) electrons. The zero-order chi connectivity index (χ0) is 22.4. The molecule has 0 fully saturated rings. The van der Waals surface area contributed by atoms with Gasteiger partial charge in [-0.2, -0.15) is 0 Å². The molecule has 31 heavy (non-hydrogen) atoms. The molecule has 0 saturated carbocycles. The quantitative estimate of drug-likeness (QED) is 0.374. The van der Waals surface area contributed by atoms with Crippen LogP contribution in [-0.2, 0) is 11.2 Å². The molecule has 0 aliphatic carbocycles. The van der Waals surface area contributed by atoms with Crippen molar-refractivity contribution in [2.75, 3.05) is 16.9 Å². The third-order valence-electron chi connectivity index (χ3n) is 4.73. The molecule has 0 unspecified atom stereocenters. The Morgan fingerprint density at radius 1 is 0.968 bits per heavy atom. The van der Waals surface area contributed by atoms with Gasteiger partial charge in [-0.25, -0.2) is 9.97 Å². The summed E-state index contributed by atoms with van der Waals surface area (Å²) in [5.74, 6) is -0.495. The molecule has 2 N–H and O–H groups in total. The number of rotatable bonds is 7. The number of amides is 2. The zero-order valence-corrected chi connectivity index (χ0v) is 19.1. The van der Waals surface area contributed by atoms with E-state index < -0.39 is 0 Å². The average molecular weight is 455 g/mol. The van der Waals surface area contributed by atoms with Gasteiger partial charge in [0.1, 0.15) is 0 Å². The van der Waals surface area contributed by atoms with Crippen LogP contribution in [-0.4, -0.2) is 28.0 Å². The summed E-state index contributed by atoms with van der Waals surface area (Å²) in [5, 5.41) is 6.98. The number of hydrogen-bond donors (Lipinski definition) is 2. The predicted molar refractivity (Wildman–Crippen MR) is 126 cm³/mol. The molecule has 2 aromatic carbocycles. The Hall–Kier alpha value is -2.90. The van der Waals surface area contributed by atoms with Gasteiger partial charge in [0.05, 0.1) is 11.3 Å². The predicted octanol–water partition coefficient (Wildman–Crippen LogP) is 5.29. The van der Waals surface area contributed by atoms with Crippen LogP contribution in [0.25, 0.3) is 0 Å². The second kappa shape index (κ2) is 10.4. The fraction of sp³-hybridized carbons (Fsp3) is 0.217. The molecule has 160 valence electrons. The smallest absolute Gasteiger partial charge is 0.257 e. The van der Waals surface area contributed by atoms with Crippen LogP contribution in [0, 0.1) is 13.8 Å². The van der Waals surface area contributed by atoms with E-state index in [9.17, 15) is 9.59 Å². The van der Waals surface area contributed by atoms with Crippen molar-refractivity contribution in [2.45, 2.75) is 31.8 Å². The summed E-state index contributed by atoms with van der Waals surface area (Å²) in [7, 11) is 0. The van der Waals surface area contributed by atoms with Gasteiger partial charge in [0, 0.05) is 28.5 Å². The molecule has 3 rings (SSSR count). The van der Waals surface area contributed by atoms with Crippen molar-refractivity contribution in [1.29, 1.82) is 0 Å². The lowest BCUT2D eigenvalue weighted by Gasteiger charge is -2.13. The highest BCUT2D eigenvalue weighted by molar-refractivity contribution is 7.98. The third kappa shape index (κ3) is 6.06. The van der Waals surface area contributed by atoms with Crippen molar-refractivity contribution >= 4 is 46.6 Å². The Balaban J connectivity index is 1.67. The Bertz CT molecular complexity index is 1080. The van der Waals surface area contributed by atoms with Crippen LogP contribution in [0.2, 0.25) is 5.02 Å². The van der Waals surface area contributed by atoms with Crippen LogP contribution in [0.4, 0.5) is 11.4 Å². The molecular formula is C23H23ClN4O2S. The maximum Gasteiger partial charge on any atom is 0.257 e. The molecule has 1 aromatic heterocycles.